The van der Waals surface area contributed by atoms with Crippen molar-refractivity contribution in [2.45, 2.75) is 186 Å². The maximum absolute atomic E-state index is 16.8. The molecule has 0 saturated heterocycles. The van der Waals surface area contributed by atoms with Gasteiger partial charge < -0.3 is 73.7 Å². The van der Waals surface area contributed by atoms with Crippen molar-refractivity contribution in [1.82, 2.24) is 68.3 Å². The molecule has 728 valence electrons. The van der Waals surface area contributed by atoms with Crippen LogP contribution < -0.4 is 85.4 Å². The van der Waals surface area contributed by atoms with E-state index in [1.165, 1.54) is 90.0 Å². The van der Waals surface area contributed by atoms with Crippen LogP contribution in [0.25, 0.3) is 22.3 Å². The van der Waals surface area contributed by atoms with Crippen LogP contribution in [0, 0.1) is 0 Å². The number of ether oxygens (including phenoxy) is 2. The first kappa shape index (κ1) is 105. The molecule has 0 aromatic heterocycles. The molecule has 0 bridgehead atoms. The summed E-state index contributed by atoms with van der Waals surface area (Å²) in [5, 5.41) is 30.5. The zero-order chi connectivity index (χ0) is 101. The highest BCUT2D eigenvalue weighted by Gasteiger charge is 2.49. The van der Waals surface area contributed by atoms with Gasteiger partial charge in [-0.1, -0.05) is 272 Å². The van der Waals surface area contributed by atoms with Gasteiger partial charge in [-0.15, -0.1) is 0 Å². The number of hydrogen-bond donors (Lipinski definition) is 12. The van der Waals surface area contributed by atoms with E-state index < -0.39 is 228 Å². The monoisotopic (exact) mass is 1960 g/mol. The van der Waals surface area contributed by atoms with Crippen LogP contribution in [0.3, 0.4) is 0 Å². The average molecular weight is 1960 g/mol. The summed E-state index contributed by atoms with van der Waals surface area (Å²) >= 11 is 13.7. The van der Waals surface area contributed by atoms with Gasteiger partial charge >= 0.3 is 12.2 Å². The van der Waals surface area contributed by atoms with Crippen molar-refractivity contribution in [1.29, 1.82) is 0 Å². The van der Waals surface area contributed by atoms with Gasteiger partial charge in [0.15, 0.2) is 0 Å². The predicted octanol–water partition coefficient (Wildman–Crippen LogP) is 6.60. The van der Waals surface area contributed by atoms with Crippen molar-refractivity contribution in [3.05, 3.63) is 277 Å². The normalized spacial score (nSPS) is 14.5. The molecule has 13 N–H and O–H groups in total. The maximum atomic E-state index is 16.8. The molecule has 11 rings (SSSR count). The number of primary amides is 1. The smallest absolute Gasteiger partial charge is 0.417 e. The van der Waals surface area contributed by atoms with Gasteiger partial charge in [0.2, 0.25) is 70.9 Å². The molecule has 0 heterocycles. The Kier molecular flexibility index (Phi) is 35.1. The molecular formula is C103H116N14O18P2S2. The van der Waals surface area contributed by atoms with Gasteiger partial charge in [-0.2, -0.15) is 0 Å². The van der Waals surface area contributed by atoms with E-state index in [2.05, 4.69) is 58.5 Å². The number of hydrogen-bond acceptors (Lipinski definition) is 20. The molecule has 2 aliphatic carbocycles. The van der Waals surface area contributed by atoms with E-state index in [0.717, 1.165) is 44.5 Å². The van der Waals surface area contributed by atoms with Crippen molar-refractivity contribution in [3.63, 3.8) is 0 Å². The van der Waals surface area contributed by atoms with Crippen molar-refractivity contribution in [2.75, 3.05) is 25.5 Å². The fraction of sp³-hybridized carbons (Fsp3) is 0.320. The summed E-state index contributed by atoms with van der Waals surface area (Å²) in [6, 6.07) is 48.2. The molecule has 0 aliphatic heterocycles. The van der Waals surface area contributed by atoms with Gasteiger partial charge in [-0.3, -0.25) is 67.1 Å². The van der Waals surface area contributed by atoms with Gasteiger partial charge in [0.1, 0.15) is 90.8 Å². The number of fused-ring (bicyclic) bond motifs is 6. The second-order valence-corrected chi connectivity index (χ2v) is 45.1. The molecule has 32 nitrogen and oxygen atoms in total. The molecule has 139 heavy (non-hydrogen) atoms. The lowest BCUT2D eigenvalue weighted by atomic mass is 9.98. The molecule has 16 amide bonds. The fourth-order valence-corrected chi connectivity index (χ4v) is 24.4. The first-order chi connectivity index (χ1) is 65.9. The number of nitrogens with zero attached hydrogens (tertiary/aromatic N) is 2. The molecule has 2 aliphatic rings. The first-order valence-electron chi connectivity index (χ1n) is 45.4. The SMILES string of the molecule is CC(=O)N[C@@H](C)C(=O)N[C@@H](C)C(=O)NC(C)(C)C(=O)N[C@@H](C)C(=O)N(C(=O)OCC1c2ccccc2-c2ccccc21)[C@H](CP(=S)(c1ccccc1)c1ccccc1)C(=O)N[C@@H](C)C(=O)N[C@@H](C)C(=O)N[C@@H](Cc1ccccc1)C(=O)N(C(=O)OCC1c2ccccc2-c2ccccc21)[C@@H](CP(=S)(c1ccccc1)c1ccccc1)C(=O)N[C@@H](C)C(=O)N[C@@H](C)C(=O)NC(C)(C)C(=O)N[C@@H](C)C(N)=O. The van der Waals surface area contributed by atoms with Crippen molar-refractivity contribution in [3.8, 4) is 22.3 Å². The molecule has 0 spiro atoms. The number of imide groups is 2. The number of nitrogens with two attached hydrogens (primary N) is 1. The Morgan fingerprint density at radius 1 is 0.331 bits per heavy atom. The topological polar surface area (TPSA) is 456 Å². The molecule has 11 atom stereocenters. The Morgan fingerprint density at radius 2 is 0.597 bits per heavy atom. The third-order valence-corrected chi connectivity index (χ3v) is 34.0. The second kappa shape index (κ2) is 46.3. The lowest BCUT2D eigenvalue weighted by Crippen LogP contribution is -2.64. The maximum Gasteiger partial charge on any atom is 0.417 e. The molecule has 36 heteroatoms. The van der Waals surface area contributed by atoms with Gasteiger partial charge in [0, 0.05) is 49.6 Å². The van der Waals surface area contributed by atoms with Gasteiger partial charge in [-0.25, -0.2) is 19.4 Å². The van der Waals surface area contributed by atoms with E-state index in [9.17, 15) is 38.4 Å². The molecule has 0 unspecified atom stereocenters. The number of benzene rings is 9. The predicted molar refractivity (Wildman–Crippen MR) is 536 cm³/mol. The van der Waals surface area contributed by atoms with Crippen molar-refractivity contribution < 1.29 is 86.2 Å². The average Bonchev–Trinajstić information content (AvgIpc) is 1.76. The summed E-state index contributed by atoms with van der Waals surface area (Å²) in [6.45, 7) is 16.1. The molecule has 0 radical (unpaired) electrons. The Morgan fingerprint density at radius 3 is 0.914 bits per heavy atom. The highest BCUT2D eigenvalue weighted by Crippen LogP contribution is 2.49. The summed E-state index contributed by atoms with van der Waals surface area (Å²) in [7, 11) is 0. The number of nitrogens with one attached hydrogen (secondary N) is 11. The molecule has 0 fully saturated rings. The van der Waals surface area contributed by atoms with Crippen LogP contribution in [0.1, 0.15) is 130 Å². The van der Waals surface area contributed by atoms with E-state index in [1.807, 2.05) is 97.1 Å². The third kappa shape index (κ3) is 25.6. The van der Waals surface area contributed by atoms with Crippen molar-refractivity contribution in [2.24, 2.45) is 5.73 Å². The van der Waals surface area contributed by atoms with E-state index in [-0.39, 0.29) is 0 Å². The highest BCUT2D eigenvalue weighted by atomic mass is 32.4. The fourth-order valence-electron chi connectivity index (χ4n) is 16.4. The number of amides is 16. The molecule has 0 saturated carbocycles. The number of rotatable bonds is 40. The van der Waals surface area contributed by atoms with Crippen LogP contribution in [0.15, 0.2) is 249 Å². The number of carbonyl (C=O) groups is 16. The standard InChI is InChI=1S/C103H116N14O18P2S2/c1-60(87(104)119)111-98(130)102(10,11)114-93(125)66(7)108-90(122)63(4)110-95(127)86(59-137(139,72-43-25-17-26-44-72)73-45-27-18-28-46-73)117(101(133)135-57-83-80-53-35-31-49-76(80)77-50-32-36-54-81(77)83)97(129)84(55-69-37-19-14-20-38-69)113-91(123)64(5)106-89(121)62(3)109-94(126)85(58-136(138,70-39-21-15-22-40-70)71-41-23-16-24-42-71)116(100(132)134-56-82-78-51-33-29-47-74(78)75-48-30-34-52-79(75)82)96(128)67(8)112-99(131)103(12,13)115-92(124)65(6)107-88(120)61(2)105-68(9)118/h14-54,60-67,82-86H,55-59H2,1-13H3,(H2,104,119)(H,105,118)(H,106,121)(H,107,120)(H,108,122)(H,109,126)(H,110,127)(H,111,130)(H,112,131)(H,113,123)(H,114,125)(H,115,124)/t60-,61-,62-,63-,64-,65-,66-,67-,84-,85+,86-/m0/s1. The van der Waals surface area contributed by atoms with Crippen LogP contribution in [0.5, 0.6) is 0 Å². The van der Waals surface area contributed by atoms with Crippen LogP contribution in [0.4, 0.5) is 9.59 Å². The largest absolute Gasteiger partial charge is 0.448 e. The minimum absolute atomic E-state index is 0.397. The second-order valence-electron chi connectivity index (χ2n) is 35.6. The lowest BCUT2D eigenvalue weighted by molar-refractivity contribution is -0.142. The summed E-state index contributed by atoms with van der Waals surface area (Å²) in [5.74, 6) is -14.7. The first-order valence-corrected chi connectivity index (χ1v) is 51.4. The Labute approximate surface area is 817 Å². The Balaban J connectivity index is 0.943. The molecule has 9 aromatic rings. The summed E-state index contributed by atoms with van der Waals surface area (Å²) in [5.41, 5.74) is 8.70. The minimum Gasteiger partial charge on any atom is -0.448 e. The zero-order valence-corrected chi connectivity index (χ0v) is 82.7. The van der Waals surface area contributed by atoms with Crippen LogP contribution in [-0.4, -0.2) is 208 Å². The molecule has 9 aromatic carbocycles. The number of carbonyl (C=O) groups excluding carboxylic acids is 16. The van der Waals surface area contributed by atoms with E-state index in [1.54, 1.807) is 152 Å². The minimum atomic E-state index is -3.53. The zero-order valence-electron chi connectivity index (χ0n) is 79.2. The van der Waals surface area contributed by atoms with Crippen LogP contribution in [-0.2, 0) is 107 Å². The summed E-state index contributed by atoms with van der Waals surface area (Å²) in [6.07, 6.45) is -4.28. The van der Waals surface area contributed by atoms with Gasteiger partial charge in [-0.05, 0) is 154 Å². The van der Waals surface area contributed by atoms with Gasteiger partial charge in [0.25, 0.3) is 11.8 Å². The Bertz CT molecular complexity index is 6050. The lowest BCUT2D eigenvalue weighted by Gasteiger charge is -2.36. The quantitative estimate of drug-likeness (QED) is 0.0180. The summed E-state index contributed by atoms with van der Waals surface area (Å²) < 4.78 is 12.7. The van der Waals surface area contributed by atoms with Crippen LogP contribution in [0.2, 0.25) is 0 Å². The van der Waals surface area contributed by atoms with Crippen molar-refractivity contribution >= 4 is 152 Å². The van der Waals surface area contributed by atoms with E-state index in [4.69, 9.17) is 38.8 Å². The van der Waals surface area contributed by atoms with E-state index >= 15 is 38.4 Å². The molecular weight excluding hydrogens is 1850 g/mol. The van der Waals surface area contributed by atoms with E-state index in [0.29, 0.717) is 36.6 Å². The van der Waals surface area contributed by atoms with Crippen LogP contribution >= 0.6 is 12.1 Å². The summed E-state index contributed by atoms with van der Waals surface area (Å²) in [4.78, 5) is 236. The third-order valence-electron chi connectivity index (χ3n) is 24.3. The van der Waals surface area contributed by atoms with Gasteiger partial charge in [0.05, 0.1) is 0 Å². The highest BCUT2D eigenvalue weighted by molar-refractivity contribution is 8.22. The Hall–Kier alpha value is -14.2.